The van der Waals surface area contributed by atoms with Gasteiger partial charge in [-0.15, -0.1) is 0 Å². The number of phenolic OH excluding ortho intramolecular Hbond substituents is 1. The van der Waals surface area contributed by atoms with Crippen LogP contribution in [-0.2, 0) is 10.0 Å². The average Bonchev–Trinajstić information content (AvgIpc) is 3.33. The van der Waals surface area contributed by atoms with Crippen molar-refractivity contribution < 1.29 is 18.3 Å². The lowest BCUT2D eigenvalue weighted by Crippen LogP contribution is -2.26. The normalized spacial score (nSPS) is 14.3. The summed E-state index contributed by atoms with van der Waals surface area (Å²) in [5.74, 6) is -0.509. The standard InChI is InChI=1S/C18H20N2O4S/c1-11-3-8-16(17(21)9-11)19-18(22)15-10-14(7-4-12(15)2)25(23,24)20-13-5-6-13/h3-4,7-10,13,20-21H,5-6H2,1-2H3,(H,19,22). The summed E-state index contributed by atoms with van der Waals surface area (Å²) in [4.78, 5) is 12.6. The molecule has 6 nitrogen and oxygen atoms in total. The van der Waals surface area contributed by atoms with E-state index in [1.807, 2.05) is 6.92 Å². The zero-order valence-corrected chi connectivity index (χ0v) is 14.9. The Kier molecular flexibility index (Phi) is 4.53. The molecular weight excluding hydrogens is 340 g/mol. The van der Waals surface area contributed by atoms with Gasteiger partial charge < -0.3 is 10.4 Å². The van der Waals surface area contributed by atoms with Crippen LogP contribution in [0.1, 0.15) is 34.3 Å². The van der Waals surface area contributed by atoms with E-state index in [9.17, 15) is 18.3 Å². The van der Waals surface area contributed by atoms with E-state index < -0.39 is 15.9 Å². The van der Waals surface area contributed by atoms with Crippen molar-refractivity contribution in [2.45, 2.75) is 37.6 Å². The van der Waals surface area contributed by atoms with Gasteiger partial charge in [0.2, 0.25) is 10.0 Å². The van der Waals surface area contributed by atoms with Crippen molar-refractivity contribution in [3.8, 4) is 5.75 Å². The third-order valence-corrected chi connectivity index (χ3v) is 5.58. The van der Waals surface area contributed by atoms with Crippen LogP contribution >= 0.6 is 0 Å². The van der Waals surface area contributed by atoms with Gasteiger partial charge in [-0.25, -0.2) is 13.1 Å². The molecule has 1 aliphatic rings. The molecular formula is C18H20N2O4S. The second-order valence-corrected chi connectivity index (χ2v) is 8.06. The van der Waals surface area contributed by atoms with E-state index in [1.165, 1.54) is 12.1 Å². The monoisotopic (exact) mass is 360 g/mol. The maximum Gasteiger partial charge on any atom is 0.256 e. The van der Waals surface area contributed by atoms with Gasteiger partial charge >= 0.3 is 0 Å². The van der Waals surface area contributed by atoms with Gasteiger partial charge in [0.05, 0.1) is 10.6 Å². The van der Waals surface area contributed by atoms with Crippen LogP contribution in [-0.4, -0.2) is 25.5 Å². The summed E-state index contributed by atoms with van der Waals surface area (Å²) in [5.41, 5.74) is 2.04. The molecule has 3 N–H and O–H groups in total. The van der Waals surface area contributed by atoms with Gasteiger partial charge in [0, 0.05) is 11.6 Å². The first-order valence-corrected chi connectivity index (χ1v) is 9.48. The van der Waals surface area contributed by atoms with E-state index >= 15 is 0 Å². The Bertz CT molecular complexity index is 934. The Labute approximate surface area is 146 Å². The average molecular weight is 360 g/mol. The van der Waals surface area contributed by atoms with Gasteiger partial charge in [0.15, 0.2) is 0 Å². The molecule has 0 spiro atoms. The third kappa shape index (κ3) is 4.00. The number of anilines is 1. The highest BCUT2D eigenvalue weighted by Crippen LogP contribution is 2.26. The minimum Gasteiger partial charge on any atom is -0.506 e. The molecule has 0 aromatic heterocycles. The lowest BCUT2D eigenvalue weighted by atomic mass is 10.1. The van der Waals surface area contributed by atoms with Crippen molar-refractivity contribution in [3.63, 3.8) is 0 Å². The first-order valence-electron chi connectivity index (χ1n) is 8.00. The number of sulfonamides is 1. The van der Waals surface area contributed by atoms with Gasteiger partial charge in [-0.3, -0.25) is 4.79 Å². The smallest absolute Gasteiger partial charge is 0.256 e. The van der Waals surface area contributed by atoms with Crippen molar-refractivity contribution in [2.24, 2.45) is 0 Å². The largest absolute Gasteiger partial charge is 0.506 e. The Morgan fingerprint density at radius 1 is 1.12 bits per heavy atom. The third-order valence-electron chi connectivity index (χ3n) is 4.06. The number of phenols is 1. The summed E-state index contributed by atoms with van der Waals surface area (Å²) in [5, 5.41) is 12.5. The van der Waals surface area contributed by atoms with Crippen molar-refractivity contribution in [2.75, 3.05) is 5.32 Å². The molecule has 1 saturated carbocycles. The zero-order valence-electron chi connectivity index (χ0n) is 14.0. The van der Waals surface area contributed by atoms with Crippen molar-refractivity contribution in [1.29, 1.82) is 0 Å². The molecule has 0 unspecified atom stereocenters. The van der Waals surface area contributed by atoms with Gasteiger partial charge in [-0.1, -0.05) is 12.1 Å². The van der Waals surface area contributed by atoms with Gasteiger partial charge in [-0.2, -0.15) is 0 Å². The number of amides is 1. The number of benzene rings is 2. The maximum absolute atomic E-state index is 12.5. The Morgan fingerprint density at radius 3 is 2.48 bits per heavy atom. The topological polar surface area (TPSA) is 95.5 Å². The number of aromatic hydroxyl groups is 1. The lowest BCUT2D eigenvalue weighted by molar-refractivity contribution is 0.102. The molecule has 1 amide bonds. The van der Waals surface area contributed by atoms with Crippen LogP contribution in [0, 0.1) is 13.8 Å². The van der Waals surface area contributed by atoms with Crippen LogP contribution in [0.15, 0.2) is 41.3 Å². The summed E-state index contributed by atoms with van der Waals surface area (Å²) < 4.78 is 27.3. The minimum atomic E-state index is -3.64. The van der Waals surface area contributed by atoms with Gasteiger partial charge in [0.1, 0.15) is 5.75 Å². The molecule has 1 aliphatic carbocycles. The number of hydrogen-bond donors (Lipinski definition) is 3. The van der Waals surface area contributed by atoms with Crippen molar-refractivity contribution >= 4 is 21.6 Å². The van der Waals surface area contributed by atoms with E-state index in [2.05, 4.69) is 10.0 Å². The summed E-state index contributed by atoms with van der Waals surface area (Å²) >= 11 is 0. The second kappa shape index (κ2) is 6.50. The van der Waals surface area contributed by atoms with Crippen LogP contribution in [0.25, 0.3) is 0 Å². The lowest BCUT2D eigenvalue weighted by Gasteiger charge is -2.12. The Balaban J connectivity index is 1.88. The first kappa shape index (κ1) is 17.4. The molecule has 0 radical (unpaired) electrons. The number of carbonyl (C=O) groups excluding carboxylic acids is 1. The SMILES string of the molecule is Cc1ccc(NC(=O)c2cc(S(=O)(=O)NC3CC3)ccc2C)c(O)c1. The number of nitrogens with one attached hydrogen (secondary N) is 2. The Hall–Kier alpha value is -2.38. The molecule has 7 heteroatoms. The minimum absolute atomic E-state index is 0.00640. The van der Waals surface area contributed by atoms with Crippen LogP contribution in [0.4, 0.5) is 5.69 Å². The summed E-state index contributed by atoms with van der Waals surface area (Å²) in [7, 11) is -3.64. The number of carbonyl (C=O) groups is 1. The van der Waals surface area contributed by atoms with Crippen LogP contribution in [0.5, 0.6) is 5.75 Å². The second-order valence-electron chi connectivity index (χ2n) is 6.35. The van der Waals surface area contributed by atoms with Gasteiger partial charge in [-0.05, 0) is 62.1 Å². The summed E-state index contributed by atoms with van der Waals surface area (Å²) in [6.07, 6.45) is 1.68. The molecule has 0 saturated heterocycles. The van der Waals surface area contributed by atoms with Crippen LogP contribution in [0.3, 0.4) is 0 Å². The molecule has 2 aromatic carbocycles. The predicted molar refractivity (Wildman–Crippen MR) is 95.3 cm³/mol. The van der Waals surface area contributed by atoms with E-state index in [0.29, 0.717) is 5.56 Å². The molecule has 0 heterocycles. The fourth-order valence-electron chi connectivity index (χ4n) is 2.44. The molecule has 25 heavy (non-hydrogen) atoms. The predicted octanol–water partition coefficient (Wildman–Crippen LogP) is 2.70. The Morgan fingerprint density at radius 2 is 1.84 bits per heavy atom. The fourth-order valence-corrected chi connectivity index (χ4v) is 3.77. The van der Waals surface area contributed by atoms with Crippen LogP contribution < -0.4 is 10.0 Å². The highest BCUT2D eigenvalue weighted by Gasteiger charge is 2.28. The van der Waals surface area contributed by atoms with Gasteiger partial charge in [0.25, 0.3) is 5.91 Å². The van der Waals surface area contributed by atoms with E-state index in [1.54, 1.807) is 31.2 Å². The zero-order chi connectivity index (χ0) is 18.2. The van der Waals surface area contributed by atoms with Crippen molar-refractivity contribution in [1.82, 2.24) is 4.72 Å². The quantitative estimate of drug-likeness (QED) is 0.715. The molecule has 1 fully saturated rings. The van der Waals surface area contributed by atoms with Crippen molar-refractivity contribution in [3.05, 3.63) is 53.1 Å². The highest BCUT2D eigenvalue weighted by atomic mass is 32.2. The first-order chi connectivity index (χ1) is 11.8. The number of rotatable bonds is 5. The molecule has 0 bridgehead atoms. The molecule has 2 aromatic rings. The molecule has 0 aliphatic heterocycles. The van der Waals surface area contributed by atoms with E-state index in [-0.39, 0.29) is 27.9 Å². The fraction of sp³-hybridized carbons (Fsp3) is 0.278. The highest BCUT2D eigenvalue weighted by molar-refractivity contribution is 7.89. The molecule has 0 atom stereocenters. The van der Waals surface area contributed by atoms with E-state index in [0.717, 1.165) is 18.4 Å². The summed E-state index contributed by atoms with van der Waals surface area (Å²) in [6.45, 7) is 3.56. The number of hydrogen-bond acceptors (Lipinski definition) is 4. The van der Waals surface area contributed by atoms with E-state index in [4.69, 9.17) is 0 Å². The molecule has 132 valence electrons. The maximum atomic E-state index is 12.5. The number of aryl methyl sites for hydroxylation is 2. The summed E-state index contributed by atoms with van der Waals surface area (Å²) in [6, 6.07) is 9.36. The van der Waals surface area contributed by atoms with Crippen LogP contribution in [0.2, 0.25) is 0 Å². The molecule has 3 rings (SSSR count).